The van der Waals surface area contributed by atoms with Crippen LogP contribution >= 0.6 is 7.80 Å². The van der Waals surface area contributed by atoms with Crippen LogP contribution in [0.5, 0.6) is 11.5 Å². The molecule has 0 aromatic heterocycles. The van der Waals surface area contributed by atoms with Gasteiger partial charge in [-0.1, -0.05) is 24.3 Å². The number of hydrogen-bond donors (Lipinski definition) is 0. The van der Waals surface area contributed by atoms with Crippen molar-refractivity contribution in [3.8, 4) is 11.5 Å². The van der Waals surface area contributed by atoms with Crippen LogP contribution < -0.4 is 20.1 Å². The van der Waals surface area contributed by atoms with Crippen molar-refractivity contribution < 1.29 is 14.0 Å². The smallest absolute Gasteiger partial charge is 0.132 e. The summed E-state index contributed by atoms with van der Waals surface area (Å²) < 4.78 is 23.5. The molecule has 3 nitrogen and oxygen atoms in total. The molecule has 106 valence electrons. The molecule has 0 fully saturated rings. The fourth-order valence-electron chi connectivity index (χ4n) is 1.95. The topological polar surface area (TPSA) is 35.5 Å². The first-order valence-corrected chi connectivity index (χ1v) is 8.15. The van der Waals surface area contributed by atoms with Gasteiger partial charge in [0.25, 0.3) is 0 Å². The molecule has 0 saturated heterocycles. The SMILES string of the molecule is CCOc1cccc([PH](=O)c2cccc(OCC)c2)c1. The molecule has 0 N–H and O–H groups in total. The Labute approximate surface area is 120 Å². The Kier molecular flexibility index (Phi) is 5.25. The van der Waals surface area contributed by atoms with Crippen LogP contribution in [0.2, 0.25) is 0 Å². The largest absolute Gasteiger partial charge is 0.494 e. The Morgan fingerprint density at radius 2 is 1.30 bits per heavy atom. The van der Waals surface area contributed by atoms with Crippen molar-refractivity contribution in [3.63, 3.8) is 0 Å². The van der Waals surface area contributed by atoms with Crippen LogP contribution in [0.15, 0.2) is 48.5 Å². The maximum absolute atomic E-state index is 12.6. The first-order chi connectivity index (χ1) is 9.74. The van der Waals surface area contributed by atoms with Gasteiger partial charge in [-0.15, -0.1) is 0 Å². The summed E-state index contributed by atoms with van der Waals surface area (Å²) in [6.45, 7) is 5.07. The van der Waals surface area contributed by atoms with E-state index in [4.69, 9.17) is 9.47 Å². The van der Waals surface area contributed by atoms with E-state index < -0.39 is 7.80 Å². The quantitative estimate of drug-likeness (QED) is 0.767. The number of benzene rings is 2. The van der Waals surface area contributed by atoms with Gasteiger partial charge in [0, 0.05) is 10.6 Å². The lowest BCUT2D eigenvalue weighted by molar-refractivity contribution is 0.340. The fourth-order valence-corrected chi connectivity index (χ4v) is 3.33. The number of ether oxygens (including phenoxy) is 2. The highest BCUT2D eigenvalue weighted by Gasteiger charge is 2.09. The summed E-state index contributed by atoms with van der Waals surface area (Å²) >= 11 is 0. The van der Waals surface area contributed by atoms with Crippen LogP contribution in [0.1, 0.15) is 13.8 Å². The second-order valence-corrected chi connectivity index (χ2v) is 6.06. The maximum atomic E-state index is 12.6. The van der Waals surface area contributed by atoms with Gasteiger partial charge in [0.1, 0.15) is 19.3 Å². The lowest BCUT2D eigenvalue weighted by atomic mass is 10.3. The molecule has 0 heterocycles. The third kappa shape index (κ3) is 3.64. The first kappa shape index (κ1) is 14.7. The summed E-state index contributed by atoms with van der Waals surface area (Å²) in [5, 5.41) is 1.60. The molecule has 2 rings (SSSR count). The zero-order valence-electron chi connectivity index (χ0n) is 11.8. The minimum atomic E-state index is -2.03. The average Bonchev–Trinajstić information content (AvgIpc) is 2.48. The van der Waals surface area contributed by atoms with Crippen molar-refractivity contribution >= 4 is 18.4 Å². The predicted molar refractivity (Wildman–Crippen MR) is 83.5 cm³/mol. The van der Waals surface area contributed by atoms with Gasteiger partial charge in [0.05, 0.1) is 13.2 Å². The molecule has 0 radical (unpaired) electrons. The highest BCUT2D eigenvalue weighted by Crippen LogP contribution is 2.24. The van der Waals surface area contributed by atoms with E-state index in [1.54, 1.807) is 0 Å². The number of rotatable bonds is 6. The first-order valence-electron chi connectivity index (χ1n) is 6.75. The molecule has 0 saturated carbocycles. The number of hydrogen-bond acceptors (Lipinski definition) is 3. The van der Waals surface area contributed by atoms with Gasteiger partial charge in [-0.25, -0.2) is 0 Å². The van der Waals surface area contributed by atoms with E-state index in [9.17, 15) is 4.57 Å². The van der Waals surface area contributed by atoms with Crippen molar-refractivity contribution in [3.05, 3.63) is 48.5 Å². The van der Waals surface area contributed by atoms with Crippen LogP contribution in [-0.4, -0.2) is 13.2 Å². The molecule has 0 spiro atoms. The van der Waals surface area contributed by atoms with Crippen molar-refractivity contribution in [2.75, 3.05) is 13.2 Å². The molecule has 0 bridgehead atoms. The van der Waals surface area contributed by atoms with E-state index in [-0.39, 0.29) is 0 Å². The third-order valence-electron chi connectivity index (χ3n) is 2.81. The molecular weight excluding hydrogens is 271 g/mol. The van der Waals surface area contributed by atoms with Crippen LogP contribution in [-0.2, 0) is 4.57 Å². The summed E-state index contributed by atoms with van der Waals surface area (Å²) in [7, 11) is -2.03. The molecule has 0 atom stereocenters. The van der Waals surface area contributed by atoms with E-state index >= 15 is 0 Å². The van der Waals surface area contributed by atoms with E-state index in [0.29, 0.717) is 13.2 Å². The summed E-state index contributed by atoms with van der Waals surface area (Å²) in [4.78, 5) is 0. The fraction of sp³-hybridized carbons (Fsp3) is 0.250. The second kappa shape index (κ2) is 7.16. The average molecular weight is 290 g/mol. The van der Waals surface area contributed by atoms with Gasteiger partial charge in [0.15, 0.2) is 0 Å². The molecular formula is C16H19O3P. The highest BCUT2D eigenvalue weighted by molar-refractivity contribution is 7.61. The van der Waals surface area contributed by atoms with Crippen molar-refractivity contribution in [2.24, 2.45) is 0 Å². The maximum Gasteiger partial charge on any atom is 0.132 e. The molecule has 2 aromatic carbocycles. The van der Waals surface area contributed by atoms with Gasteiger partial charge in [0.2, 0.25) is 0 Å². The van der Waals surface area contributed by atoms with Crippen molar-refractivity contribution in [2.45, 2.75) is 13.8 Å². The summed E-state index contributed by atoms with van der Waals surface area (Å²) in [6, 6.07) is 14.9. The monoisotopic (exact) mass is 290 g/mol. The van der Waals surface area contributed by atoms with Crippen molar-refractivity contribution in [1.82, 2.24) is 0 Å². The van der Waals surface area contributed by atoms with Gasteiger partial charge in [-0.05, 0) is 38.1 Å². The third-order valence-corrected chi connectivity index (χ3v) is 4.49. The molecule has 2 aromatic rings. The predicted octanol–water partition coefficient (Wildman–Crippen LogP) is 2.99. The summed E-state index contributed by atoms with van der Waals surface area (Å²) in [6.07, 6.45) is 0. The van der Waals surface area contributed by atoms with E-state index in [1.165, 1.54) is 0 Å². The lowest BCUT2D eigenvalue weighted by Gasteiger charge is -2.08. The van der Waals surface area contributed by atoms with Gasteiger partial charge < -0.3 is 14.0 Å². The highest BCUT2D eigenvalue weighted by atomic mass is 31.1. The lowest BCUT2D eigenvalue weighted by Crippen LogP contribution is -2.08. The second-order valence-electron chi connectivity index (χ2n) is 4.25. The zero-order valence-corrected chi connectivity index (χ0v) is 12.8. The van der Waals surface area contributed by atoms with Crippen molar-refractivity contribution in [1.29, 1.82) is 0 Å². The molecule has 20 heavy (non-hydrogen) atoms. The normalized spacial score (nSPS) is 10.6. The van der Waals surface area contributed by atoms with Gasteiger partial charge in [-0.3, -0.25) is 0 Å². The van der Waals surface area contributed by atoms with E-state index in [2.05, 4.69) is 0 Å². The molecule has 0 amide bonds. The Balaban J connectivity index is 2.26. The Morgan fingerprint density at radius 3 is 1.70 bits per heavy atom. The molecule has 0 aliphatic carbocycles. The van der Waals surface area contributed by atoms with Crippen LogP contribution in [0.3, 0.4) is 0 Å². The standard InChI is InChI=1S/C16H19O3P/c1-3-18-13-7-5-9-15(11-13)20(17)16-10-6-8-14(12-16)19-4-2/h5-12,20H,3-4H2,1-2H3. The van der Waals surface area contributed by atoms with Gasteiger partial charge in [-0.2, -0.15) is 0 Å². The minimum absolute atomic E-state index is 0.601. The minimum Gasteiger partial charge on any atom is -0.494 e. The Hall–Kier alpha value is -1.73. The molecule has 0 unspecified atom stereocenters. The molecule has 0 aliphatic rings. The molecule has 4 heteroatoms. The zero-order chi connectivity index (χ0) is 14.4. The van der Waals surface area contributed by atoms with E-state index in [1.807, 2.05) is 62.4 Å². The summed E-state index contributed by atoms with van der Waals surface area (Å²) in [5.41, 5.74) is 0. The van der Waals surface area contributed by atoms with Crippen LogP contribution in [0.25, 0.3) is 0 Å². The Bertz CT molecular complexity index is 544. The molecule has 0 aliphatic heterocycles. The Morgan fingerprint density at radius 1 is 0.850 bits per heavy atom. The van der Waals surface area contributed by atoms with E-state index in [0.717, 1.165) is 22.1 Å². The summed E-state index contributed by atoms with van der Waals surface area (Å²) in [5.74, 6) is 1.51. The van der Waals surface area contributed by atoms with Crippen LogP contribution in [0, 0.1) is 0 Å². The van der Waals surface area contributed by atoms with Crippen LogP contribution in [0.4, 0.5) is 0 Å². The van der Waals surface area contributed by atoms with Gasteiger partial charge >= 0.3 is 0 Å².